The second-order valence-electron chi connectivity index (χ2n) is 5.30. The summed E-state index contributed by atoms with van der Waals surface area (Å²) in [6, 6.07) is 4.44. The molecule has 3 rings (SSSR count). The minimum Gasteiger partial charge on any atom is -0.507 e. The first-order chi connectivity index (χ1) is 10.0. The summed E-state index contributed by atoms with van der Waals surface area (Å²) in [4.78, 5) is 36.4. The Labute approximate surface area is 121 Å². The van der Waals surface area contributed by atoms with Crippen molar-refractivity contribution in [3.05, 3.63) is 41.5 Å². The van der Waals surface area contributed by atoms with E-state index in [1.807, 2.05) is 0 Å². The number of aromatic hydroxyl groups is 1. The Morgan fingerprint density at radius 2 is 2.05 bits per heavy atom. The zero-order chi connectivity index (χ0) is 15.1. The van der Waals surface area contributed by atoms with Gasteiger partial charge in [-0.2, -0.15) is 0 Å². The van der Waals surface area contributed by atoms with Gasteiger partial charge in [0.2, 0.25) is 0 Å². The SMILES string of the molecule is CC(=O)OC1C=CCC2C(=O)c3c(O)cccc3C(=O)C12. The number of carbonyl (C=O) groups is 3. The van der Waals surface area contributed by atoms with Crippen molar-refractivity contribution in [1.29, 1.82) is 0 Å². The molecule has 0 spiro atoms. The van der Waals surface area contributed by atoms with E-state index in [9.17, 15) is 19.5 Å². The Bertz CT molecular complexity index is 673. The van der Waals surface area contributed by atoms with Gasteiger partial charge in [0.05, 0.1) is 11.5 Å². The fourth-order valence-electron chi connectivity index (χ4n) is 3.13. The molecule has 5 heteroatoms. The van der Waals surface area contributed by atoms with Gasteiger partial charge in [0.1, 0.15) is 11.9 Å². The van der Waals surface area contributed by atoms with Gasteiger partial charge in [0.25, 0.3) is 0 Å². The summed E-state index contributed by atoms with van der Waals surface area (Å²) < 4.78 is 5.16. The highest BCUT2D eigenvalue weighted by atomic mass is 16.5. The summed E-state index contributed by atoms with van der Waals surface area (Å²) in [6.45, 7) is 1.27. The van der Waals surface area contributed by atoms with E-state index in [0.29, 0.717) is 6.42 Å². The van der Waals surface area contributed by atoms with Crippen molar-refractivity contribution in [3.63, 3.8) is 0 Å². The van der Waals surface area contributed by atoms with Crippen molar-refractivity contribution in [3.8, 4) is 5.75 Å². The third-order valence-electron chi connectivity index (χ3n) is 4.00. The molecular formula is C16H14O5. The van der Waals surface area contributed by atoms with Crippen LogP contribution in [-0.4, -0.2) is 28.7 Å². The minimum atomic E-state index is -0.729. The summed E-state index contributed by atoms with van der Waals surface area (Å²) in [5, 5.41) is 9.87. The highest BCUT2D eigenvalue weighted by Gasteiger charge is 2.47. The Morgan fingerprint density at radius 1 is 1.29 bits per heavy atom. The van der Waals surface area contributed by atoms with Crippen LogP contribution in [0.5, 0.6) is 5.75 Å². The Kier molecular flexibility index (Phi) is 3.12. The standard InChI is InChI=1S/C16H14O5/c1-8(17)21-12-7-3-5-10-14(12)16(20)9-4-2-6-11(18)13(9)15(10)19/h2-4,6-7,10,12,14,18H,5H2,1H3. The molecule has 0 bridgehead atoms. The molecule has 0 saturated carbocycles. The molecule has 0 heterocycles. The van der Waals surface area contributed by atoms with Gasteiger partial charge in [-0.05, 0) is 18.6 Å². The normalized spacial score (nSPS) is 27.0. The number of phenolic OH excluding ortho intramolecular Hbond substituents is 1. The maximum atomic E-state index is 12.7. The zero-order valence-electron chi connectivity index (χ0n) is 11.4. The monoisotopic (exact) mass is 286 g/mol. The molecule has 2 aliphatic rings. The van der Waals surface area contributed by atoms with E-state index in [1.165, 1.54) is 25.1 Å². The van der Waals surface area contributed by atoms with Crippen molar-refractivity contribution < 1.29 is 24.2 Å². The highest BCUT2D eigenvalue weighted by Crippen LogP contribution is 2.41. The maximum Gasteiger partial charge on any atom is 0.303 e. The number of fused-ring (bicyclic) bond motifs is 2. The third kappa shape index (κ3) is 2.05. The number of ether oxygens (including phenoxy) is 1. The molecule has 108 valence electrons. The smallest absolute Gasteiger partial charge is 0.303 e. The molecule has 2 aliphatic carbocycles. The van der Waals surface area contributed by atoms with Crippen LogP contribution in [0.3, 0.4) is 0 Å². The molecule has 0 radical (unpaired) electrons. The summed E-state index contributed by atoms with van der Waals surface area (Å²) in [6.07, 6.45) is 3.07. The van der Waals surface area contributed by atoms with Crippen LogP contribution in [0.4, 0.5) is 0 Å². The first-order valence-corrected chi connectivity index (χ1v) is 6.75. The fraction of sp³-hybridized carbons (Fsp3) is 0.312. The Morgan fingerprint density at radius 3 is 2.76 bits per heavy atom. The van der Waals surface area contributed by atoms with Crippen LogP contribution in [0, 0.1) is 11.8 Å². The van der Waals surface area contributed by atoms with Crippen molar-refractivity contribution in [1.82, 2.24) is 0 Å². The molecular weight excluding hydrogens is 272 g/mol. The van der Waals surface area contributed by atoms with Crippen molar-refractivity contribution in [2.75, 3.05) is 0 Å². The molecule has 21 heavy (non-hydrogen) atoms. The van der Waals surface area contributed by atoms with E-state index in [1.54, 1.807) is 12.2 Å². The summed E-state index contributed by atoms with van der Waals surface area (Å²) in [5.41, 5.74) is 0.286. The molecule has 0 saturated heterocycles. The van der Waals surface area contributed by atoms with E-state index < -0.39 is 23.9 Å². The van der Waals surface area contributed by atoms with Crippen LogP contribution in [0.15, 0.2) is 30.4 Å². The van der Waals surface area contributed by atoms with Gasteiger partial charge >= 0.3 is 5.97 Å². The molecule has 0 amide bonds. The van der Waals surface area contributed by atoms with Gasteiger partial charge in [-0.25, -0.2) is 0 Å². The summed E-state index contributed by atoms with van der Waals surface area (Å²) in [5.74, 6) is -2.50. The molecule has 1 N–H and O–H groups in total. The van der Waals surface area contributed by atoms with E-state index in [4.69, 9.17) is 4.74 Å². The number of hydrogen-bond acceptors (Lipinski definition) is 5. The van der Waals surface area contributed by atoms with Crippen LogP contribution in [0.2, 0.25) is 0 Å². The second kappa shape index (κ2) is 4.84. The molecule has 1 aromatic rings. The average Bonchev–Trinajstić information content (AvgIpc) is 2.44. The first kappa shape index (κ1) is 13.5. The van der Waals surface area contributed by atoms with E-state index in [0.717, 1.165) is 0 Å². The van der Waals surface area contributed by atoms with Gasteiger partial charge < -0.3 is 9.84 Å². The predicted molar refractivity (Wildman–Crippen MR) is 73.1 cm³/mol. The molecule has 3 unspecified atom stereocenters. The zero-order valence-corrected chi connectivity index (χ0v) is 11.4. The number of phenols is 1. The molecule has 0 aliphatic heterocycles. The van der Waals surface area contributed by atoms with Gasteiger partial charge in [-0.15, -0.1) is 0 Å². The van der Waals surface area contributed by atoms with E-state index in [2.05, 4.69) is 0 Å². The van der Waals surface area contributed by atoms with Gasteiger partial charge in [-0.3, -0.25) is 14.4 Å². The fourth-order valence-corrected chi connectivity index (χ4v) is 3.13. The molecule has 3 atom stereocenters. The van der Waals surface area contributed by atoms with Crippen LogP contribution in [0.25, 0.3) is 0 Å². The van der Waals surface area contributed by atoms with Crippen LogP contribution in [-0.2, 0) is 9.53 Å². The highest BCUT2D eigenvalue weighted by molar-refractivity contribution is 6.17. The summed E-state index contributed by atoms with van der Waals surface area (Å²) >= 11 is 0. The van der Waals surface area contributed by atoms with E-state index in [-0.39, 0.29) is 28.4 Å². The lowest BCUT2D eigenvalue weighted by Gasteiger charge is -2.36. The van der Waals surface area contributed by atoms with Gasteiger partial charge in [0, 0.05) is 18.4 Å². The largest absolute Gasteiger partial charge is 0.507 e. The summed E-state index contributed by atoms with van der Waals surface area (Å²) in [7, 11) is 0. The number of esters is 1. The average molecular weight is 286 g/mol. The Hall–Kier alpha value is -2.43. The van der Waals surface area contributed by atoms with E-state index >= 15 is 0 Å². The second-order valence-corrected chi connectivity index (χ2v) is 5.30. The van der Waals surface area contributed by atoms with Gasteiger partial charge in [-0.1, -0.05) is 18.2 Å². The third-order valence-corrected chi connectivity index (χ3v) is 4.00. The number of ketones is 2. The number of rotatable bonds is 1. The molecule has 5 nitrogen and oxygen atoms in total. The molecule has 0 aromatic heterocycles. The molecule has 0 fully saturated rings. The first-order valence-electron chi connectivity index (χ1n) is 6.75. The lowest BCUT2D eigenvalue weighted by Crippen LogP contribution is -2.45. The topological polar surface area (TPSA) is 80.7 Å². The number of Topliss-reactive ketones (excluding diaryl/α,β-unsaturated/α-hetero) is 2. The lowest BCUT2D eigenvalue weighted by atomic mass is 9.68. The lowest BCUT2D eigenvalue weighted by molar-refractivity contribution is -0.146. The number of allylic oxidation sites excluding steroid dienone is 1. The van der Waals surface area contributed by atoms with Crippen LogP contribution < -0.4 is 0 Å². The number of benzene rings is 1. The quantitative estimate of drug-likeness (QED) is 0.630. The number of carbonyl (C=O) groups excluding carboxylic acids is 3. The maximum absolute atomic E-state index is 12.7. The van der Waals surface area contributed by atoms with Crippen LogP contribution >= 0.6 is 0 Å². The van der Waals surface area contributed by atoms with Crippen molar-refractivity contribution >= 4 is 17.5 Å². The van der Waals surface area contributed by atoms with Gasteiger partial charge in [0.15, 0.2) is 11.6 Å². The molecule has 1 aromatic carbocycles. The van der Waals surface area contributed by atoms with Crippen molar-refractivity contribution in [2.45, 2.75) is 19.4 Å². The van der Waals surface area contributed by atoms with Crippen molar-refractivity contribution in [2.24, 2.45) is 11.8 Å². The number of hydrogen-bond donors (Lipinski definition) is 1. The van der Waals surface area contributed by atoms with Crippen LogP contribution in [0.1, 0.15) is 34.1 Å². The minimum absolute atomic E-state index is 0.0839. The Balaban J connectivity index is 2.10. The predicted octanol–water partition coefficient (Wildman–Crippen LogP) is 1.90.